The predicted octanol–water partition coefficient (Wildman–Crippen LogP) is 5.51. The first kappa shape index (κ1) is 21.6. The van der Waals surface area contributed by atoms with Crippen LogP contribution in [0.3, 0.4) is 0 Å². The molecule has 0 saturated carbocycles. The normalized spacial score (nSPS) is 13.8. The van der Waals surface area contributed by atoms with Crippen LogP contribution in [0, 0.1) is 11.3 Å². The Morgan fingerprint density at radius 2 is 1.78 bits per heavy atom. The zero-order valence-electron chi connectivity index (χ0n) is 17.1. The van der Waals surface area contributed by atoms with E-state index in [-0.39, 0.29) is 5.91 Å². The molecule has 0 radical (unpaired) electrons. The third kappa shape index (κ3) is 4.66. The van der Waals surface area contributed by atoms with Gasteiger partial charge in [0.25, 0.3) is 5.91 Å². The van der Waals surface area contributed by atoms with Crippen LogP contribution in [0.25, 0.3) is 11.1 Å². The van der Waals surface area contributed by atoms with Crippen LogP contribution >= 0.6 is 0 Å². The molecule has 0 spiro atoms. The van der Waals surface area contributed by atoms with Gasteiger partial charge in [-0.2, -0.15) is 18.4 Å². The molecule has 0 saturated heterocycles. The largest absolute Gasteiger partial charge is 0.416 e. The van der Waals surface area contributed by atoms with Crippen LogP contribution in [0.15, 0.2) is 66.7 Å². The second kappa shape index (κ2) is 8.85. The summed E-state index contributed by atoms with van der Waals surface area (Å²) in [5.74, 6) is -0.331. The average Bonchev–Trinajstić information content (AvgIpc) is 2.79. The lowest BCUT2D eigenvalue weighted by Gasteiger charge is -2.27. The highest BCUT2D eigenvalue weighted by atomic mass is 19.4. The molecule has 0 fully saturated rings. The number of rotatable bonds is 4. The van der Waals surface area contributed by atoms with Crippen molar-refractivity contribution in [1.29, 1.82) is 5.26 Å². The van der Waals surface area contributed by atoms with Crippen molar-refractivity contribution in [3.05, 3.63) is 89.0 Å². The minimum atomic E-state index is -4.41. The fraction of sp³-hybridized carbons (Fsp3) is 0.200. The number of amides is 1. The molecule has 0 aromatic heterocycles. The van der Waals surface area contributed by atoms with E-state index in [0.717, 1.165) is 36.2 Å². The predicted molar refractivity (Wildman–Crippen MR) is 116 cm³/mol. The molecule has 1 aliphatic rings. The van der Waals surface area contributed by atoms with Crippen LogP contribution in [0.1, 0.15) is 27.0 Å². The van der Waals surface area contributed by atoms with Gasteiger partial charge in [-0.1, -0.05) is 36.4 Å². The number of halogens is 3. The molecule has 0 aliphatic carbocycles. The fourth-order valence-electron chi connectivity index (χ4n) is 3.89. The first-order valence-electron chi connectivity index (χ1n) is 10.1. The number of nitrogens with one attached hydrogen (secondary N) is 1. The number of carbonyl (C=O) groups is 1. The van der Waals surface area contributed by atoms with Crippen molar-refractivity contribution < 1.29 is 18.0 Å². The molecule has 7 heteroatoms. The van der Waals surface area contributed by atoms with E-state index in [9.17, 15) is 18.0 Å². The van der Waals surface area contributed by atoms with Crippen LogP contribution in [0.2, 0.25) is 0 Å². The average molecular weight is 435 g/mol. The summed E-state index contributed by atoms with van der Waals surface area (Å²) in [6, 6.07) is 19.5. The van der Waals surface area contributed by atoms with Crippen molar-refractivity contribution in [3.8, 4) is 17.2 Å². The minimum absolute atomic E-state index is 0.331. The second-order valence-corrected chi connectivity index (χ2v) is 7.68. The number of nitriles is 1. The zero-order chi connectivity index (χ0) is 22.7. The summed E-state index contributed by atoms with van der Waals surface area (Å²) in [4.78, 5) is 15.1. The summed E-state index contributed by atoms with van der Waals surface area (Å²) >= 11 is 0. The Labute approximate surface area is 183 Å². The van der Waals surface area contributed by atoms with Crippen LogP contribution in [-0.2, 0) is 19.1 Å². The summed E-state index contributed by atoms with van der Waals surface area (Å²) in [7, 11) is 0. The number of benzene rings is 3. The maximum atomic E-state index is 13.0. The maximum absolute atomic E-state index is 13.0. The van der Waals surface area contributed by atoms with Crippen molar-refractivity contribution in [3.63, 3.8) is 0 Å². The van der Waals surface area contributed by atoms with Gasteiger partial charge >= 0.3 is 6.18 Å². The Morgan fingerprint density at radius 1 is 1.03 bits per heavy atom. The monoisotopic (exact) mass is 435 g/mol. The maximum Gasteiger partial charge on any atom is 0.416 e. The molecule has 0 atom stereocenters. The molecule has 4 rings (SSSR count). The fourth-order valence-corrected chi connectivity index (χ4v) is 3.89. The summed E-state index contributed by atoms with van der Waals surface area (Å²) < 4.78 is 38.6. The number of carbonyl (C=O) groups excluding carboxylic acids is 1. The lowest BCUT2D eigenvalue weighted by atomic mass is 9.97. The van der Waals surface area contributed by atoms with Gasteiger partial charge < -0.3 is 5.32 Å². The number of alkyl halides is 3. The zero-order valence-corrected chi connectivity index (χ0v) is 17.1. The Hall–Kier alpha value is -3.63. The first-order valence-corrected chi connectivity index (χ1v) is 10.1. The Kier molecular flexibility index (Phi) is 5.97. The number of hydrogen-bond donors (Lipinski definition) is 1. The van der Waals surface area contributed by atoms with Crippen molar-refractivity contribution >= 4 is 11.6 Å². The highest BCUT2D eigenvalue weighted by Gasteiger charge is 2.30. The van der Waals surface area contributed by atoms with Gasteiger partial charge in [0.2, 0.25) is 0 Å². The van der Waals surface area contributed by atoms with E-state index in [1.54, 1.807) is 24.3 Å². The van der Waals surface area contributed by atoms with Gasteiger partial charge in [-0.15, -0.1) is 0 Å². The van der Waals surface area contributed by atoms with E-state index in [0.29, 0.717) is 35.5 Å². The summed E-state index contributed by atoms with van der Waals surface area (Å²) in [6.45, 7) is 1.88. The van der Waals surface area contributed by atoms with Crippen LogP contribution in [0.5, 0.6) is 0 Å². The molecule has 32 heavy (non-hydrogen) atoms. The molecule has 0 bridgehead atoms. The van der Waals surface area contributed by atoms with Crippen molar-refractivity contribution in [2.24, 2.45) is 0 Å². The summed E-state index contributed by atoms with van der Waals surface area (Å²) in [5.41, 5.74) is 3.67. The molecule has 1 amide bonds. The highest BCUT2D eigenvalue weighted by Crippen LogP contribution is 2.32. The van der Waals surface area contributed by atoms with Gasteiger partial charge in [0, 0.05) is 24.3 Å². The molecule has 1 heterocycles. The molecule has 3 aromatic rings. The number of fused-ring (bicyclic) bond motifs is 1. The summed E-state index contributed by atoms with van der Waals surface area (Å²) in [6.07, 6.45) is -3.61. The minimum Gasteiger partial charge on any atom is -0.322 e. The Bertz CT molecular complexity index is 1180. The quantitative estimate of drug-likeness (QED) is 0.550. The highest BCUT2D eigenvalue weighted by molar-refractivity contribution is 6.08. The van der Waals surface area contributed by atoms with Crippen LogP contribution < -0.4 is 5.32 Å². The van der Waals surface area contributed by atoms with Crippen molar-refractivity contribution in [2.45, 2.75) is 19.1 Å². The van der Waals surface area contributed by atoms with Gasteiger partial charge in [-0.3, -0.25) is 9.69 Å². The lowest BCUT2D eigenvalue weighted by molar-refractivity contribution is -0.137. The van der Waals surface area contributed by atoms with Crippen molar-refractivity contribution in [1.82, 2.24) is 4.90 Å². The topological polar surface area (TPSA) is 56.1 Å². The van der Waals surface area contributed by atoms with E-state index < -0.39 is 11.7 Å². The van der Waals surface area contributed by atoms with E-state index >= 15 is 0 Å². The van der Waals surface area contributed by atoms with Crippen LogP contribution in [0.4, 0.5) is 18.9 Å². The smallest absolute Gasteiger partial charge is 0.322 e. The first-order chi connectivity index (χ1) is 15.3. The van der Waals surface area contributed by atoms with E-state index in [2.05, 4.69) is 16.3 Å². The SMILES string of the molecule is N#CCN1CCc2cc(NC(=O)c3ccccc3-c3ccc(C(F)(F)F)cc3)ccc2C1. The molecule has 0 unspecified atom stereocenters. The van der Waals surface area contributed by atoms with Gasteiger partial charge in [0.15, 0.2) is 0 Å². The van der Waals surface area contributed by atoms with Gasteiger partial charge in [-0.25, -0.2) is 0 Å². The van der Waals surface area contributed by atoms with E-state index in [4.69, 9.17) is 5.26 Å². The Balaban J connectivity index is 1.55. The molecule has 1 N–H and O–H groups in total. The third-order valence-corrected chi connectivity index (χ3v) is 5.54. The number of hydrogen-bond acceptors (Lipinski definition) is 3. The molecule has 4 nitrogen and oxygen atoms in total. The summed E-state index contributed by atoms with van der Waals surface area (Å²) in [5, 5.41) is 11.8. The van der Waals surface area contributed by atoms with Crippen molar-refractivity contribution in [2.75, 3.05) is 18.4 Å². The molecular formula is C25H20F3N3O. The molecular weight excluding hydrogens is 415 g/mol. The number of anilines is 1. The van der Waals surface area contributed by atoms with Gasteiger partial charge in [-0.05, 0) is 59.0 Å². The van der Waals surface area contributed by atoms with Crippen LogP contribution in [-0.4, -0.2) is 23.9 Å². The lowest BCUT2D eigenvalue weighted by Crippen LogP contribution is -2.30. The van der Waals surface area contributed by atoms with E-state index in [1.807, 2.05) is 18.2 Å². The van der Waals surface area contributed by atoms with E-state index in [1.165, 1.54) is 12.1 Å². The van der Waals surface area contributed by atoms with Gasteiger partial charge in [0.1, 0.15) is 0 Å². The second-order valence-electron chi connectivity index (χ2n) is 7.68. The van der Waals surface area contributed by atoms with Gasteiger partial charge in [0.05, 0.1) is 18.2 Å². The number of nitrogens with zero attached hydrogens (tertiary/aromatic N) is 2. The standard InChI is InChI=1S/C25H20F3N3O/c26-25(27,28)20-8-5-17(6-9-20)22-3-1-2-4-23(22)24(32)30-21-10-7-19-16-31(14-12-29)13-11-18(19)15-21/h1-10,15H,11,13-14,16H2,(H,30,32). The third-order valence-electron chi connectivity index (χ3n) is 5.54. The molecule has 3 aromatic carbocycles. The molecule has 1 aliphatic heterocycles. The molecule has 162 valence electrons. The Morgan fingerprint density at radius 3 is 2.50 bits per heavy atom.